The van der Waals surface area contributed by atoms with Crippen LogP contribution in [0.3, 0.4) is 0 Å². The summed E-state index contributed by atoms with van der Waals surface area (Å²) >= 11 is 11.9. The van der Waals surface area contributed by atoms with Crippen LogP contribution < -0.4 is 10.1 Å². The molecule has 1 aromatic rings. The van der Waals surface area contributed by atoms with Gasteiger partial charge < -0.3 is 15.2 Å². The van der Waals surface area contributed by atoms with E-state index < -0.39 is 6.10 Å². The average molecular weight is 348 g/mol. The van der Waals surface area contributed by atoms with Gasteiger partial charge in [0.15, 0.2) is 0 Å². The molecular weight excluding hydrogens is 321 g/mol. The minimum absolute atomic E-state index is 0.186. The summed E-state index contributed by atoms with van der Waals surface area (Å²) in [5, 5.41) is 14.4. The van der Waals surface area contributed by atoms with Crippen LogP contribution in [0.1, 0.15) is 40.0 Å². The highest BCUT2D eigenvalue weighted by Crippen LogP contribution is 2.27. The minimum Gasteiger partial charge on any atom is -0.489 e. The van der Waals surface area contributed by atoms with E-state index in [2.05, 4.69) is 26.1 Å². The Balaban J connectivity index is 2.23. The summed E-state index contributed by atoms with van der Waals surface area (Å²) in [6, 6.07) is 5.43. The van der Waals surface area contributed by atoms with Gasteiger partial charge in [-0.3, -0.25) is 0 Å². The lowest BCUT2D eigenvalue weighted by Crippen LogP contribution is -2.36. The molecule has 3 nitrogen and oxygen atoms in total. The van der Waals surface area contributed by atoms with Gasteiger partial charge in [0.05, 0.1) is 5.02 Å². The minimum atomic E-state index is -0.581. The SMILES string of the molecule is CC(C)CCC[C@@H](C)NC[C@@H](O)COc1cc(Cl)ccc1Cl. The molecule has 0 aliphatic rings. The van der Waals surface area contributed by atoms with E-state index in [1.807, 2.05) is 0 Å². The van der Waals surface area contributed by atoms with Gasteiger partial charge in [-0.2, -0.15) is 0 Å². The Hall–Kier alpha value is -0.480. The smallest absolute Gasteiger partial charge is 0.139 e. The zero-order valence-corrected chi connectivity index (χ0v) is 15.1. The van der Waals surface area contributed by atoms with Crippen LogP contribution in [0.25, 0.3) is 0 Å². The molecule has 2 N–H and O–H groups in total. The Kier molecular flexibility index (Phi) is 9.18. The molecule has 22 heavy (non-hydrogen) atoms. The number of hydrogen-bond acceptors (Lipinski definition) is 3. The normalized spacial score (nSPS) is 14.1. The maximum atomic E-state index is 9.97. The van der Waals surface area contributed by atoms with E-state index in [9.17, 15) is 5.11 Å². The van der Waals surface area contributed by atoms with Gasteiger partial charge in [0.1, 0.15) is 18.5 Å². The van der Waals surface area contributed by atoms with Crippen molar-refractivity contribution in [2.75, 3.05) is 13.2 Å². The maximum Gasteiger partial charge on any atom is 0.139 e. The van der Waals surface area contributed by atoms with Gasteiger partial charge in [0.25, 0.3) is 0 Å². The zero-order chi connectivity index (χ0) is 16.5. The van der Waals surface area contributed by atoms with E-state index in [1.165, 1.54) is 12.8 Å². The van der Waals surface area contributed by atoms with Crippen molar-refractivity contribution >= 4 is 23.2 Å². The molecule has 0 unspecified atom stereocenters. The third kappa shape index (κ3) is 8.23. The number of aliphatic hydroxyl groups excluding tert-OH is 1. The highest BCUT2D eigenvalue weighted by Gasteiger charge is 2.10. The van der Waals surface area contributed by atoms with Gasteiger partial charge in [-0.1, -0.05) is 49.9 Å². The van der Waals surface area contributed by atoms with E-state index in [0.717, 1.165) is 12.3 Å². The van der Waals surface area contributed by atoms with Gasteiger partial charge in [-0.25, -0.2) is 0 Å². The van der Waals surface area contributed by atoms with Gasteiger partial charge in [-0.05, 0) is 31.4 Å². The molecule has 1 aromatic carbocycles. The molecule has 0 aromatic heterocycles. The third-order valence-corrected chi connectivity index (χ3v) is 3.99. The molecule has 0 saturated carbocycles. The number of aliphatic hydroxyl groups is 1. The number of hydrogen-bond donors (Lipinski definition) is 2. The van der Waals surface area contributed by atoms with Crippen molar-refractivity contribution in [1.82, 2.24) is 5.32 Å². The van der Waals surface area contributed by atoms with Crippen LogP contribution in [0.15, 0.2) is 18.2 Å². The van der Waals surface area contributed by atoms with Crippen molar-refractivity contribution in [1.29, 1.82) is 0 Å². The first-order valence-corrected chi connectivity index (χ1v) is 8.63. The standard InChI is InChI=1S/C17H27Cl2NO2/c1-12(2)5-4-6-13(3)20-10-15(21)11-22-17-9-14(18)7-8-16(17)19/h7-9,12-13,15,20-21H,4-6,10-11H2,1-3H3/t13-,15-/m1/s1. The molecule has 0 amide bonds. The lowest BCUT2D eigenvalue weighted by atomic mass is 10.0. The van der Waals surface area contributed by atoms with Gasteiger partial charge in [0.2, 0.25) is 0 Å². The summed E-state index contributed by atoms with van der Waals surface area (Å²) in [5.74, 6) is 1.24. The molecule has 126 valence electrons. The van der Waals surface area contributed by atoms with Crippen LogP contribution in [-0.2, 0) is 0 Å². The van der Waals surface area contributed by atoms with Crippen molar-refractivity contribution in [2.24, 2.45) is 5.92 Å². The number of benzene rings is 1. The van der Waals surface area contributed by atoms with E-state index in [-0.39, 0.29) is 6.61 Å². The molecule has 0 spiro atoms. The molecule has 0 bridgehead atoms. The first kappa shape index (κ1) is 19.6. The van der Waals surface area contributed by atoms with Gasteiger partial charge in [-0.15, -0.1) is 0 Å². The van der Waals surface area contributed by atoms with Gasteiger partial charge >= 0.3 is 0 Å². The topological polar surface area (TPSA) is 41.5 Å². The summed E-state index contributed by atoms with van der Waals surface area (Å²) in [4.78, 5) is 0. The van der Waals surface area contributed by atoms with Crippen LogP contribution in [0.2, 0.25) is 10.0 Å². The molecule has 0 aliphatic heterocycles. The summed E-state index contributed by atoms with van der Waals surface area (Å²) in [6.07, 6.45) is 2.98. The van der Waals surface area contributed by atoms with E-state index in [0.29, 0.717) is 28.4 Å². The number of ether oxygens (including phenoxy) is 1. The average Bonchev–Trinajstić information content (AvgIpc) is 2.45. The van der Waals surface area contributed by atoms with Crippen molar-refractivity contribution in [2.45, 2.75) is 52.2 Å². The summed E-state index contributed by atoms with van der Waals surface area (Å²) in [6.45, 7) is 7.30. The molecule has 0 heterocycles. The Morgan fingerprint density at radius 2 is 1.91 bits per heavy atom. The second-order valence-electron chi connectivity index (χ2n) is 6.17. The number of rotatable bonds is 10. The predicted octanol–water partition coefficient (Wildman–Crippen LogP) is 4.54. The molecule has 0 aliphatic carbocycles. The Morgan fingerprint density at radius 1 is 1.18 bits per heavy atom. The first-order valence-electron chi connectivity index (χ1n) is 7.87. The largest absolute Gasteiger partial charge is 0.489 e. The molecular formula is C17H27Cl2NO2. The highest BCUT2D eigenvalue weighted by molar-refractivity contribution is 6.34. The van der Waals surface area contributed by atoms with Crippen molar-refractivity contribution in [3.8, 4) is 5.75 Å². The lowest BCUT2D eigenvalue weighted by molar-refractivity contribution is 0.104. The van der Waals surface area contributed by atoms with Crippen molar-refractivity contribution in [3.05, 3.63) is 28.2 Å². The molecule has 1 rings (SSSR count). The second kappa shape index (κ2) is 10.3. The lowest BCUT2D eigenvalue weighted by Gasteiger charge is -2.18. The quantitative estimate of drug-likeness (QED) is 0.652. The Labute approximate surface area is 144 Å². The number of nitrogens with one attached hydrogen (secondary N) is 1. The van der Waals surface area contributed by atoms with Crippen LogP contribution in [-0.4, -0.2) is 30.4 Å². The fourth-order valence-corrected chi connectivity index (χ4v) is 2.44. The number of halogens is 2. The maximum absolute atomic E-state index is 9.97. The molecule has 2 atom stereocenters. The van der Waals surface area contributed by atoms with E-state index in [1.54, 1.807) is 18.2 Å². The summed E-state index contributed by atoms with van der Waals surface area (Å²) in [5.41, 5.74) is 0. The van der Waals surface area contributed by atoms with Crippen molar-refractivity contribution in [3.63, 3.8) is 0 Å². The monoisotopic (exact) mass is 347 g/mol. The molecule has 0 saturated heterocycles. The van der Waals surface area contributed by atoms with Crippen LogP contribution >= 0.6 is 23.2 Å². The second-order valence-corrected chi connectivity index (χ2v) is 7.02. The molecule has 0 fully saturated rings. The fourth-order valence-electron chi connectivity index (χ4n) is 2.10. The van der Waals surface area contributed by atoms with Gasteiger partial charge in [0, 0.05) is 23.7 Å². The fraction of sp³-hybridized carbons (Fsp3) is 0.647. The first-order chi connectivity index (χ1) is 10.4. The van der Waals surface area contributed by atoms with Crippen LogP contribution in [0.5, 0.6) is 5.75 Å². The summed E-state index contributed by atoms with van der Waals surface area (Å²) < 4.78 is 5.52. The Morgan fingerprint density at radius 3 is 2.59 bits per heavy atom. The van der Waals surface area contributed by atoms with Crippen LogP contribution in [0.4, 0.5) is 0 Å². The third-order valence-electron chi connectivity index (χ3n) is 3.45. The molecule has 0 radical (unpaired) electrons. The van der Waals surface area contributed by atoms with E-state index >= 15 is 0 Å². The van der Waals surface area contributed by atoms with Crippen LogP contribution in [0, 0.1) is 5.92 Å². The molecule has 5 heteroatoms. The Bertz CT molecular complexity index is 441. The van der Waals surface area contributed by atoms with Crippen molar-refractivity contribution < 1.29 is 9.84 Å². The summed E-state index contributed by atoms with van der Waals surface area (Å²) in [7, 11) is 0. The highest BCUT2D eigenvalue weighted by atomic mass is 35.5. The van der Waals surface area contributed by atoms with E-state index in [4.69, 9.17) is 27.9 Å². The predicted molar refractivity (Wildman–Crippen MR) is 94.1 cm³/mol. The zero-order valence-electron chi connectivity index (χ0n) is 13.6.